The molecule has 0 amide bonds. The lowest BCUT2D eigenvalue weighted by Gasteiger charge is -2.11. The maximum absolute atomic E-state index is 7.35. The standard InChI is InChI=1S/C10H11BrN2O/c11-8-2-3-9-10(7(8)6-12)13-4-1-5-14-9/h2-3,6,12-13H,1,4-5H2. The van der Waals surface area contributed by atoms with Crippen LogP contribution in [0.3, 0.4) is 0 Å². The molecule has 0 saturated heterocycles. The van der Waals surface area contributed by atoms with Gasteiger partial charge in [-0.25, -0.2) is 0 Å². The molecule has 1 aromatic carbocycles. The molecule has 1 aromatic rings. The van der Waals surface area contributed by atoms with E-state index in [1.165, 1.54) is 6.21 Å². The van der Waals surface area contributed by atoms with Gasteiger partial charge in [0.1, 0.15) is 5.75 Å². The van der Waals surface area contributed by atoms with Gasteiger partial charge in [-0.15, -0.1) is 0 Å². The highest BCUT2D eigenvalue weighted by molar-refractivity contribution is 9.10. The van der Waals surface area contributed by atoms with Crippen molar-refractivity contribution in [1.29, 1.82) is 5.41 Å². The van der Waals surface area contributed by atoms with Crippen LogP contribution >= 0.6 is 15.9 Å². The average molecular weight is 255 g/mol. The van der Waals surface area contributed by atoms with Gasteiger partial charge in [-0.1, -0.05) is 15.9 Å². The van der Waals surface area contributed by atoms with Crippen molar-refractivity contribution in [3.63, 3.8) is 0 Å². The molecule has 1 heterocycles. The van der Waals surface area contributed by atoms with E-state index in [1.807, 2.05) is 12.1 Å². The lowest BCUT2D eigenvalue weighted by atomic mass is 10.1. The Labute approximate surface area is 91.1 Å². The second kappa shape index (κ2) is 4.00. The van der Waals surface area contributed by atoms with Gasteiger partial charge in [0, 0.05) is 22.8 Å². The van der Waals surface area contributed by atoms with Crippen LogP contribution in [0.2, 0.25) is 0 Å². The minimum absolute atomic E-state index is 0.735. The number of halogens is 1. The molecule has 3 nitrogen and oxygen atoms in total. The van der Waals surface area contributed by atoms with E-state index in [-0.39, 0.29) is 0 Å². The molecule has 0 bridgehead atoms. The molecule has 2 N–H and O–H groups in total. The number of ether oxygens (including phenoxy) is 1. The Morgan fingerprint density at radius 1 is 1.50 bits per heavy atom. The van der Waals surface area contributed by atoms with Gasteiger partial charge in [-0.3, -0.25) is 0 Å². The summed E-state index contributed by atoms with van der Waals surface area (Å²) in [6, 6.07) is 3.83. The Morgan fingerprint density at radius 2 is 2.36 bits per heavy atom. The summed E-state index contributed by atoms with van der Waals surface area (Å²) in [5.41, 5.74) is 1.77. The number of rotatable bonds is 1. The fourth-order valence-electron chi connectivity index (χ4n) is 1.49. The molecule has 1 aliphatic heterocycles. The van der Waals surface area contributed by atoms with E-state index in [9.17, 15) is 0 Å². The van der Waals surface area contributed by atoms with E-state index >= 15 is 0 Å². The third-order valence-electron chi connectivity index (χ3n) is 2.18. The van der Waals surface area contributed by atoms with E-state index in [4.69, 9.17) is 10.1 Å². The fourth-order valence-corrected chi connectivity index (χ4v) is 1.93. The second-order valence-electron chi connectivity index (χ2n) is 3.11. The highest BCUT2D eigenvalue weighted by Crippen LogP contribution is 2.34. The summed E-state index contributed by atoms with van der Waals surface area (Å²) in [6.45, 7) is 1.63. The number of anilines is 1. The van der Waals surface area contributed by atoms with Crippen LogP contribution in [0.1, 0.15) is 12.0 Å². The molecule has 0 unspecified atom stereocenters. The molecule has 14 heavy (non-hydrogen) atoms. The van der Waals surface area contributed by atoms with Crippen LogP contribution in [0.25, 0.3) is 0 Å². The lowest BCUT2D eigenvalue weighted by Crippen LogP contribution is -2.02. The molecule has 4 heteroatoms. The predicted octanol–water partition coefficient (Wildman–Crippen LogP) is 2.64. The van der Waals surface area contributed by atoms with Crippen molar-refractivity contribution in [2.24, 2.45) is 0 Å². The van der Waals surface area contributed by atoms with Gasteiger partial charge >= 0.3 is 0 Å². The van der Waals surface area contributed by atoms with Gasteiger partial charge in [0.25, 0.3) is 0 Å². The first-order chi connectivity index (χ1) is 6.83. The smallest absolute Gasteiger partial charge is 0.143 e. The molecule has 0 aromatic heterocycles. The van der Waals surface area contributed by atoms with Crippen molar-refractivity contribution >= 4 is 27.8 Å². The van der Waals surface area contributed by atoms with E-state index in [0.29, 0.717) is 0 Å². The van der Waals surface area contributed by atoms with Crippen LogP contribution in [0, 0.1) is 5.41 Å². The van der Waals surface area contributed by atoms with Gasteiger partial charge in [-0.05, 0) is 18.6 Å². The third kappa shape index (κ3) is 1.62. The van der Waals surface area contributed by atoms with Gasteiger partial charge in [0.2, 0.25) is 0 Å². The fraction of sp³-hybridized carbons (Fsp3) is 0.300. The Morgan fingerprint density at radius 3 is 3.14 bits per heavy atom. The lowest BCUT2D eigenvalue weighted by molar-refractivity contribution is 0.323. The summed E-state index contributed by atoms with van der Waals surface area (Å²) in [6.07, 6.45) is 2.33. The Balaban J connectivity index is 2.53. The molecule has 0 fully saturated rings. The van der Waals surface area contributed by atoms with E-state index in [1.54, 1.807) is 0 Å². The molecule has 2 rings (SSSR count). The Hall–Kier alpha value is -1.03. The van der Waals surface area contributed by atoms with Crippen molar-refractivity contribution in [3.8, 4) is 5.75 Å². The maximum Gasteiger partial charge on any atom is 0.143 e. The first-order valence-corrected chi connectivity index (χ1v) is 5.32. The summed E-state index contributed by atoms with van der Waals surface area (Å²) in [5.74, 6) is 0.837. The summed E-state index contributed by atoms with van der Waals surface area (Å²) in [5, 5.41) is 10.6. The number of hydrogen-bond acceptors (Lipinski definition) is 3. The largest absolute Gasteiger partial charge is 0.491 e. The van der Waals surface area contributed by atoms with Crippen LogP contribution in [0.15, 0.2) is 16.6 Å². The average Bonchev–Trinajstić information content (AvgIpc) is 2.42. The third-order valence-corrected chi connectivity index (χ3v) is 2.87. The minimum Gasteiger partial charge on any atom is -0.491 e. The Kier molecular flexibility index (Phi) is 2.72. The maximum atomic E-state index is 7.35. The van der Waals surface area contributed by atoms with Crippen LogP contribution in [-0.4, -0.2) is 19.4 Å². The number of benzene rings is 1. The van der Waals surface area contributed by atoms with Gasteiger partial charge in [0.05, 0.1) is 12.3 Å². The number of fused-ring (bicyclic) bond motifs is 1. The molecule has 0 saturated carbocycles. The summed E-state index contributed by atoms with van der Waals surface area (Å²) < 4.78 is 6.48. The van der Waals surface area contributed by atoms with Crippen molar-refractivity contribution < 1.29 is 4.74 Å². The van der Waals surface area contributed by atoms with Crippen LogP contribution in [-0.2, 0) is 0 Å². The number of nitrogens with one attached hydrogen (secondary N) is 2. The van der Waals surface area contributed by atoms with Crippen LogP contribution in [0.4, 0.5) is 5.69 Å². The Bertz CT molecular complexity index is 365. The molecule has 0 aliphatic carbocycles. The molecule has 1 aliphatic rings. The highest BCUT2D eigenvalue weighted by Gasteiger charge is 2.13. The topological polar surface area (TPSA) is 45.1 Å². The van der Waals surface area contributed by atoms with Crippen molar-refractivity contribution in [1.82, 2.24) is 0 Å². The first-order valence-electron chi connectivity index (χ1n) is 4.52. The van der Waals surface area contributed by atoms with Crippen LogP contribution in [0.5, 0.6) is 5.75 Å². The zero-order valence-corrected chi connectivity index (χ0v) is 9.23. The monoisotopic (exact) mass is 254 g/mol. The minimum atomic E-state index is 0.735. The van der Waals surface area contributed by atoms with E-state index < -0.39 is 0 Å². The quantitative estimate of drug-likeness (QED) is 0.757. The highest BCUT2D eigenvalue weighted by atomic mass is 79.9. The van der Waals surface area contributed by atoms with Gasteiger partial charge in [0.15, 0.2) is 0 Å². The summed E-state index contributed by atoms with van der Waals surface area (Å²) >= 11 is 3.41. The van der Waals surface area contributed by atoms with Gasteiger partial charge < -0.3 is 15.5 Å². The molecule has 0 radical (unpaired) electrons. The first kappa shape index (κ1) is 9.52. The van der Waals surface area contributed by atoms with Crippen LogP contribution < -0.4 is 10.1 Å². The SMILES string of the molecule is N=Cc1c(Br)ccc2c1NCCCO2. The summed E-state index contributed by atoms with van der Waals surface area (Å²) in [4.78, 5) is 0. The zero-order chi connectivity index (χ0) is 9.97. The van der Waals surface area contributed by atoms with E-state index in [0.717, 1.165) is 41.0 Å². The predicted molar refractivity (Wildman–Crippen MR) is 60.6 cm³/mol. The number of hydrogen-bond donors (Lipinski definition) is 2. The van der Waals surface area contributed by atoms with Crippen molar-refractivity contribution in [3.05, 3.63) is 22.2 Å². The molecular weight excluding hydrogens is 244 g/mol. The zero-order valence-electron chi connectivity index (χ0n) is 7.64. The van der Waals surface area contributed by atoms with E-state index in [2.05, 4.69) is 21.2 Å². The molecule has 0 spiro atoms. The van der Waals surface area contributed by atoms with Gasteiger partial charge in [-0.2, -0.15) is 0 Å². The second-order valence-corrected chi connectivity index (χ2v) is 3.96. The molecular formula is C10H11BrN2O. The van der Waals surface area contributed by atoms with Crippen molar-refractivity contribution in [2.45, 2.75) is 6.42 Å². The normalized spacial score (nSPS) is 14.6. The molecule has 0 atom stereocenters. The van der Waals surface area contributed by atoms with Crippen molar-refractivity contribution in [2.75, 3.05) is 18.5 Å². The summed E-state index contributed by atoms with van der Waals surface area (Å²) in [7, 11) is 0. The molecule has 74 valence electrons.